The fourth-order valence-corrected chi connectivity index (χ4v) is 3.94. The smallest absolute Gasteiger partial charge is 0.343 e. The highest BCUT2D eigenvalue weighted by Gasteiger charge is 2.09. The Bertz CT molecular complexity index is 749. The van der Waals surface area contributed by atoms with Gasteiger partial charge in [0.05, 0.1) is 12.2 Å². The number of unbranched alkanes of at least 4 members (excludes halogenated alkanes) is 11. The minimum absolute atomic E-state index is 0.336. The maximum Gasteiger partial charge on any atom is 0.343 e. The van der Waals surface area contributed by atoms with Crippen molar-refractivity contribution in [1.29, 1.82) is 0 Å². The fraction of sp³-hybridized carbons (Fsp3) is 0.567. The van der Waals surface area contributed by atoms with Gasteiger partial charge in [-0.05, 0) is 61.2 Å². The topological polar surface area (TPSA) is 35.5 Å². The summed E-state index contributed by atoms with van der Waals surface area (Å²) < 4.78 is 11.4. The SMILES string of the molecule is CCCCCCCCCCOc1ccc(C(=O)Oc2ccc(CCCCCCC)cc2)cc1. The van der Waals surface area contributed by atoms with E-state index in [0.717, 1.165) is 25.2 Å². The molecule has 0 saturated heterocycles. The molecule has 0 spiro atoms. The summed E-state index contributed by atoms with van der Waals surface area (Å²) in [5.74, 6) is 1.06. The van der Waals surface area contributed by atoms with Gasteiger partial charge in [0.2, 0.25) is 0 Å². The second-order valence-electron chi connectivity index (χ2n) is 9.05. The van der Waals surface area contributed by atoms with Crippen LogP contribution in [0.25, 0.3) is 0 Å². The Morgan fingerprint density at radius 2 is 1.12 bits per heavy atom. The molecular formula is C30H44O3. The Labute approximate surface area is 201 Å². The maximum absolute atomic E-state index is 12.4. The molecule has 2 rings (SSSR count). The van der Waals surface area contributed by atoms with Gasteiger partial charge in [-0.25, -0.2) is 4.79 Å². The normalized spacial score (nSPS) is 10.8. The Kier molecular flexibility index (Phi) is 14.1. The van der Waals surface area contributed by atoms with Crippen LogP contribution in [0.5, 0.6) is 11.5 Å². The molecule has 33 heavy (non-hydrogen) atoms. The molecule has 0 N–H and O–H groups in total. The van der Waals surface area contributed by atoms with Crippen LogP contribution < -0.4 is 9.47 Å². The van der Waals surface area contributed by atoms with Gasteiger partial charge in [-0.2, -0.15) is 0 Å². The number of carbonyl (C=O) groups is 1. The number of hydrogen-bond donors (Lipinski definition) is 0. The lowest BCUT2D eigenvalue weighted by atomic mass is 10.1. The molecule has 0 amide bonds. The molecule has 0 aromatic heterocycles. The number of aryl methyl sites for hydroxylation is 1. The van der Waals surface area contributed by atoms with Crippen LogP contribution in [0.2, 0.25) is 0 Å². The predicted octanol–water partition coefficient (Wildman–Crippen LogP) is 8.94. The Hall–Kier alpha value is -2.29. The van der Waals surface area contributed by atoms with Gasteiger partial charge in [-0.15, -0.1) is 0 Å². The van der Waals surface area contributed by atoms with Gasteiger partial charge >= 0.3 is 5.97 Å². The molecule has 182 valence electrons. The van der Waals surface area contributed by atoms with E-state index in [1.165, 1.54) is 82.6 Å². The first-order valence-corrected chi connectivity index (χ1v) is 13.3. The Morgan fingerprint density at radius 3 is 1.73 bits per heavy atom. The lowest BCUT2D eigenvalue weighted by molar-refractivity contribution is 0.0734. The van der Waals surface area contributed by atoms with Crippen molar-refractivity contribution in [2.75, 3.05) is 6.61 Å². The highest BCUT2D eigenvalue weighted by molar-refractivity contribution is 5.91. The molecule has 2 aromatic rings. The minimum Gasteiger partial charge on any atom is -0.494 e. The summed E-state index contributed by atoms with van der Waals surface area (Å²) in [6.45, 7) is 5.21. The van der Waals surface area contributed by atoms with Gasteiger partial charge in [0.15, 0.2) is 0 Å². The van der Waals surface area contributed by atoms with E-state index in [-0.39, 0.29) is 5.97 Å². The van der Waals surface area contributed by atoms with Crippen molar-refractivity contribution in [2.45, 2.75) is 104 Å². The number of benzene rings is 2. The molecule has 0 bridgehead atoms. The van der Waals surface area contributed by atoms with E-state index in [9.17, 15) is 4.79 Å². The maximum atomic E-state index is 12.4. The van der Waals surface area contributed by atoms with Crippen LogP contribution in [0, 0.1) is 0 Å². The zero-order valence-electron chi connectivity index (χ0n) is 21.0. The summed E-state index contributed by atoms with van der Waals surface area (Å²) in [6.07, 6.45) is 17.8. The molecule has 0 aliphatic heterocycles. The highest BCUT2D eigenvalue weighted by atomic mass is 16.5. The molecule has 0 heterocycles. The van der Waals surface area contributed by atoms with Gasteiger partial charge in [-0.3, -0.25) is 0 Å². The van der Waals surface area contributed by atoms with E-state index < -0.39 is 0 Å². The third kappa shape index (κ3) is 11.9. The molecule has 3 nitrogen and oxygen atoms in total. The second-order valence-corrected chi connectivity index (χ2v) is 9.05. The Morgan fingerprint density at radius 1 is 0.606 bits per heavy atom. The van der Waals surface area contributed by atoms with Crippen LogP contribution in [0.3, 0.4) is 0 Å². The zero-order valence-corrected chi connectivity index (χ0v) is 21.0. The number of rotatable bonds is 18. The van der Waals surface area contributed by atoms with E-state index >= 15 is 0 Å². The summed E-state index contributed by atoms with van der Waals surface area (Å²) in [5, 5.41) is 0. The largest absolute Gasteiger partial charge is 0.494 e. The number of carbonyl (C=O) groups excluding carboxylic acids is 1. The van der Waals surface area contributed by atoms with E-state index in [1.54, 1.807) is 12.1 Å². The molecule has 0 atom stereocenters. The standard InChI is InChI=1S/C30H44O3/c1-3-5-7-9-10-11-13-15-25-32-28-23-19-27(20-24-28)30(31)33-29-21-17-26(18-22-29)16-14-12-8-6-4-2/h17-24H,3-16,25H2,1-2H3. The number of ether oxygens (including phenoxy) is 2. The number of esters is 1. The summed E-state index contributed by atoms with van der Waals surface area (Å²) in [5.41, 5.74) is 1.83. The van der Waals surface area contributed by atoms with Gasteiger partial charge in [0.25, 0.3) is 0 Å². The van der Waals surface area contributed by atoms with E-state index in [4.69, 9.17) is 9.47 Å². The first-order chi connectivity index (χ1) is 16.2. The van der Waals surface area contributed by atoms with Crippen LogP contribution in [0.15, 0.2) is 48.5 Å². The molecule has 0 unspecified atom stereocenters. The van der Waals surface area contributed by atoms with Crippen molar-refractivity contribution in [3.8, 4) is 11.5 Å². The summed E-state index contributed by atoms with van der Waals surface area (Å²) in [6, 6.07) is 15.1. The molecule has 0 saturated carbocycles. The minimum atomic E-state index is -0.336. The summed E-state index contributed by atoms with van der Waals surface area (Å²) in [4.78, 5) is 12.4. The van der Waals surface area contributed by atoms with Crippen LogP contribution in [-0.4, -0.2) is 12.6 Å². The Balaban J connectivity index is 1.64. The molecular weight excluding hydrogens is 408 g/mol. The third-order valence-electron chi connectivity index (χ3n) is 6.06. The van der Waals surface area contributed by atoms with E-state index in [2.05, 4.69) is 26.0 Å². The number of hydrogen-bond acceptors (Lipinski definition) is 3. The molecule has 0 fully saturated rings. The first-order valence-electron chi connectivity index (χ1n) is 13.3. The van der Waals surface area contributed by atoms with Crippen molar-refractivity contribution in [1.82, 2.24) is 0 Å². The average molecular weight is 453 g/mol. The van der Waals surface area contributed by atoms with E-state index in [0.29, 0.717) is 11.3 Å². The molecule has 0 aliphatic rings. The monoisotopic (exact) mass is 452 g/mol. The van der Waals surface area contributed by atoms with Crippen molar-refractivity contribution in [3.05, 3.63) is 59.7 Å². The fourth-order valence-electron chi connectivity index (χ4n) is 3.94. The van der Waals surface area contributed by atoms with Crippen molar-refractivity contribution in [2.24, 2.45) is 0 Å². The van der Waals surface area contributed by atoms with Gasteiger partial charge in [0.1, 0.15) is 11.5 Å². The average Bonchev–Trinajstić information content (AvgIpc) is 2.84. The molecule has 3 heteroatoms. The second kappa shape index (κ2) is 17.2. The quantitative estimate of drug-likeness (QED) is 0.129. The summed E-state index contributed by atoms with van der Waals surface area (Å²) in [7, 11) is 0. The lowest BCUT2D eigenvalue weighted by Crippen LogP contribution is -2.08. The third-order valence-corrected chi connectivity index (χ3v) is 6.06. The van der Waals surface area contributed by atoms with Crippen LogP contribution in [0.4, 0.5) is 0 Å². The van der Waals surface area contributed by atoms with Crippen LogP contribution in [0.1, 0.15) is 113 Å². The van der Waals surface area contributed by atoms with Crippen LogP contribution in [-0.2, 0) is 6.42 Å². The van der Waals surface area contributed by atoms with Crippen molar-refractivity contribution >= 4 is 5.97 Å². The van der Waals surface area contributed by atoms with E-state index in [1.807, 2.05) is 24.3 Å². The molecule has 0 aliphatic carbocycles. The molecule has 0 radical (unpaired) electrons. The first kappa shape index (κ1) is 27.0. The van der Waals surface area contributed by atoms with Gasteiger partial charge < -0.3 is 9.47 Å². The predicted molar refractivity (Wildman–Crippen MR) is 138 cm³/mol. The molecule has 2 aromatic carbocycles. The van der Waals surface area contributed by atoms with Gasteiger partial charge in [0, 0.05) is 0 Å². The van der Waals surface area contributed by atoms with Crippen molar-refractivity contribution in [3.63, 3.8) is 0 Å². The van der Waals surface area contributed by atoms with Gasteiger partial charge in [-0.1, -0.05) is 96.6 Å². The lowest BCUT2D eigenvalue weighted by Gasteiger charge is -2.08. The van der Waals surface area contributed by atoms with Crippen LogP contribution >= 0.6 is 0 Å². The summed E-state index contributed by atoms with van der Waals surface area (Å²) >= 11 is 0. The zero-order chi connectivity index (χ0) is 23.6. The highest BCUT2D eigenvalue weighted by Crippen LogP contribution is 2.18. The van der Waals surface area contributed by atoms with Crippen molar-refractivity contribution < 1.29 is 14.3 Å².